The van der Waals surface area contributed by atoms with Gasteiger partial charge >= 0.3 is 5.97 Å². The smallest absolute Gasteiger partial charge is 0.338 e. The summed E-state index contributed by atoms with van der Waals surface area (Å²) in [6.07, 6.45) is 2.48. The lowest BCUT2D eigenvalue weighted by molar-refractivity contribution is -0.153. The van der Waals surface area contributed by atoms with Crippen molar-refractivity contribution in [2.24, 2.45) is 5.92 Å². The lowest BCUT2D eigenvalue weighted by Gasteiger charge is -2.14. The third-order valence-corrected chi connectivity index (χ3v) is 2.55. The van der Waals surface area contributed by atoms with Crippen LogP contribution in [0.2, 0.25) is 0 Å². The van der Waals surface area contributed by atoms with Crippen LogP contribution in [0.1, 0.15) is 19.3 Å². The maximum absolute atomic E-state index is 10.9. The second-order valence-corrected chi connectivity index (χ2v) is 3.11. The predicted octanol–water partition coefficient (Wildman–Crippen LogP) is 0.0744. The zero-order valence-corrected chi connectivity index (χ0v) is 5.67. The first kappa shape index (κ1) is 6.16. The van der Waals surface area contributed by atoms with Gasteiger partial charge in [0.25, 0.3) is 0 Å². The second-order valence-electron chi connectivity index (χ2n) is 3.11. The molecular weight excluding hydrogens is 132 g/mol. The van der Waals surface area contributed by atoms with Gasteiger partial charge in [0.2, 0.25) is 0 Å². The van der Waals surface area contributed by atoms with Crippen LogP contribution in [0, 0.1) is 5.92 Å². The Morgan fingerprint density at radius 1 is 1.70 bits per heavy atom. The van der Waals surface area contributed by atoms with Crippen LogP contribution in [-0.4, -0.2) is 23.3 Å². The number of esters is 1. The van der Waals surface area contributed by atoms with Crippen LogP contribution >= 0.6 is 0 Å². The van der Waals surface area contributed by atoms with E-state index in [2.05, 4.69) is 0 Å². The molecule has 0 aromatic carbocycles. The molecule has 0 radical (unpaired) electrons. The standard InChI is InChI=1S/C7H10O3/c8-6-7(9)3-1-2-5(7)4-10-6/h5,9H,1-4H2/t5-,7+/m1/s1. The summed E-state index contributed by atoms with van der Waals surface area (Å²) in [6, 6.07) is 0. The highest BCUT2D eigenvalue weighted by molar-refractivity contribution is 5.82. The summed E-state index contributed by atoms with van der Waals surface area (Å²) in [5.74, 6) is -0.324. The van der Waals surface area contributed by atoms with E-state index in [1.807, 2.05) is 0 Å². The lowest BCUT2D eigenvalue weighted by Crippen LogP contribution is -2.36. The van der Waals surface area contributed by atoms with Crippen LogP contribution in [0.15, 0.2) is 0 Å². The molecule has 56 valence electrons. The first-order chi connectivity index (χ1) is 4.73. The van der Waals surface area contributed by atoms with Gasteiger partial charge in [-0.05, 0) is 19.3 Å². The molecule has 3 heteroatoms. The zero-order chi connectivity index (χ0) is 7.19. The number of hydrogen-bond donors (Lipinski definition) is 1. The van der Waals surface area contributed by atoms with Crippen molar-refractivity contribution >= 4 is 5.97 Å². The highest BCUT2D eigenvalue weighted by Crippen LogP contribution is 2.40. The number of rotatable bonds is 0. The molecule has 0 amide bonds. The van der Waals surface area contributed by atoms with Crippen molar-refractivity contribution in [1.29, 1.82) is 0 Å². The maximum Gasteiger partial charge on any atom is 0.338 e. The highest BCUT2D eigenvalue weighted by atomic mass is 16.6. The van der Waals surface area contributed by atoms with Crippen molar-refractivity contribution in [2.45, 2.75) is 24.9 Å². The number of ether oxygens (including phenoxy) is 1. The van der Waals surface area contributed by atoms with E-state index in [4.69, 9.17) is 4.74 Å². The minimum Gasteiger partial charge on any atom is -0.463 e. The van der Waals surface area contributed by atoms with E-state index in [-0.39, 0.29) is 5.92 Å². The molecule has 1 saturated heterocycles. The molecule has 2 rings (SSSR count). The van der Waals surface area contributed by atoms with Crippen molar-refractivity contribution in [3.63, 3.8) is 0 Å². The molecule has 0 aromatic heterocycles. The van der Waals surface area contributed by atoms with Gasteiger partial charge in [0, 0.05) is 5.92 Å². The predicted molar refractivity (Wildman–Crippen MR) is 33.2 cm³/mol. The second kappa shape index (κ2) is 1.72. The summed E-state index contributed by atoms with van der Waals surface area (Å²) in [7, 11) is 0. The Morgan fingerprint density at radius 3 is 3.20 bits per heavy atom. The molecule has 3 nitrogen and oxygen atoms in total. The monoisotopic (exact) mass is 142 g/mol. The molecule has 2 aliphatic rings. The molecule has 0 unspecified atom stereocenters. The third-order valence-electron chi connectivity index (χ3n) is 2.55. The molecule has 1 N–H and O–H groups in total. The minimum absolute atomic E-state index is 0.0833. The molecule has 1 heterocycles. The van der Waals surface area contributed by atoms with Crippen LogP contribution in [0.5, 0.6) is 0 Å². The Hall–Kier alpha value is -0.570. The zero-order valence-electron chi connectivity index (χ0n) is 5.67. The number of carbonyl (C=O) groups is 1. The quantitative estimate of drug-likeness (QED) is 0.487. The van der Waals surface area contributed by atoms with Gasteiger partial charge in [0.05, 0.1) is 6.61 Å². The Bertz CT molecular complexity index is 178. The highest BCUT2D eigenvalue weighted by Gasteiger charge is 2.53. The van der Waals surface area contributed by atoms with Crippen LogP contribution in [0.4, 0.5) is 0 Å². The van der Waals surface area contributed by atoms with Gasteiger partial charge in [0.1, 0.15) is 0 Å². The van der Waals surface area contributed by atoms with Crippen LogP contribution in [-0.2, 0) is 9.53 Å². The summed E-state index contributed by atoms with van der Waals surface area (Å²) in [5.41, 5.74) is -1.10. The van der Waals surface area contributed by atoms with E-state index in [1.54, 1.807) is 0 Å². The average Bonchev–Trinajstić information content (AvgIpc) is 2.36. The topological polar surface area (TPSA) is 46.5 Å². The van der Waals surface area contributed by atoms with Crippen LogP contribution in [0.25, 0.3) is 0 Å². The van der Waals surface area contributed by atoms with Gasteiger partial charge in [-0.15, -0.1) is 0 Å². The molecule has 10 heavy (non-hydrogen) atoms. The van der Waals surface area contributed by atoms with Crippen molar-refractivity contribution in [2.75, 3.05) is 6.61 Å². The summed E-state index contributed by atoms with van der Waals surface area (Å²) in [6.45, 7) is 0.426. The largest absolute Gasteiger partial charge is 0.463 e. The number of carbonyl (C=O) groups excluding carboxylic acids is 1. The van der Waals surface area contributed by atoms with E-state index in [0.29, 0.717) is 13.0 Å². The molecule has 0 spiro atoms. The molecular formula is C7H10O3. The van der Waals surface area contributed by atoms with Gasteiger partial charge in [0.15, 0.2) is 5.60 Å². The molecule has 0 bridgehead atoms. The molecule has 1 saturated carbocycles. The van der Waals surface area contributed by atoms with Crippen molar-refractivity contribution in [1.82, 2.24) is 0 Å². The van der Waals surface area contributed by atoms with Crippen molar-refractivity contribution in [3.8, 4) is 0 Å². The third kappa shape index (κ3) is 0.560. The lowest BCUT2D eigenvalue weighted by atomic mass is 9.95. The number of fused-ring (bicyclic) bond motifs is 1. The van der Waals surface area contributed by atoms with Crippen molar-refractivity contribution < 1.29 is 14.6 Å². The number of cyclic esters (lactones) is 1. The average molecular weight is 142 g/mol. The Morgan fingerprint density at radius 2 is 2.50 bits per heavy atom. The molecule has 1 aliphatic carbocycles. The van der Waals surface area contributed by atoms with Gasteiger partial charge in [-0.2, -0.15) is 0 Å². The molecule has 2 fully saturated rings. The summed E-state index contributed by atoms with van der Waals surface area (Å²) in [5, 5.41) is 9.62. The Labute approximate surface area is 59.0 Å². The minimum atomic E-state index is -1.10. The fourth-order valence-corrected chi connectivity index (χ4v) is 1.85. The van der Waals surface area contributed by atoms with Crippen LogP contribution < -0.4 is 0 Å². The first-order valence-corrected chi connectivity index (χ1v) is 3.63. The van der Waals surface area contributed by atoms with E-state index in [0.717, 1.165) is 12.8 Å². The summed E-state index contributed by atoms with van der Waals surface area (Å²) < 4.78 is 4.73. The maximum atomic E-state index is 10.9. The van der Waals surface area contributed by atoms with Crippen LogP contribution in [0.3, 0.4) is 0 Å². The molecule has 1 aliphatic heterocycles. The summed E-state index contributed by atoms with van der Waals surface area (Å²) in [4.78, 5) is 10.9. The fourth-order valence-electron chi connectivity index (χ4n) is 1.85. The number of hydrogen-bond acceptors (Lipinski definition) is 3. The van der Waals surface area contributed by atoms with E-state index < -0.39 is 11.6 Å². The van der Waals surface area contributed by atoms with Gasteiger partial charge < -0.3 is 9.84 Å². The van der Waals surface area contributed by atoms with Crippen molar-refractivity contribution in [3.05, 3.63) is 0 Å². The first-order valence-electron chi connectivity index (χ1n) is 3.63. The normalized spacial score (nSPS) is 45.3. The van der Waals surface area contributed by atoms with Gasteiger partial charge in [-0.3, -0.25) is 0 Å². The van der Waals surface area contributed by atoms with E-state index in [1.165, 1.54) is 0 Å². The molecule has 2 atom stereocenters. The fraction of sp³-hybridized carbons (Fsp3) is 0.857. The van der Waals surface area contributed by atoms with Gasteiger partial charge in [-0.1, -0.05) is 0 Å². The van der Waals surface area contributed by atoms with E-state index >= 15 is 0 Å². The van der Waals surface area contributed by atoms with E-state index in [9.17, 15) is 9.90 Å². The molecule has 0 aromatic rings. The van der Waals surface area contributed by atoms with Gasteiger partial charge in [-0.25, -0.2) is 4.79 Å². The Balaban J connectivity index is 2.30. The number of aliphatic hydroxyl groups is 1. The summed E-state index contributed by atoms with van der Waals surface area (Å²) >= 11 is 0. The Kier molecular flexibility index (Phi) is 1.06. The SMILES string of the molecule is O=C1OC[C@H]2CCC[C@@]12O.